The molecule has 2 aliphatic heterocycles. The van der Waals surface area contributed by atoms with Gasteiger partial charge in [0.2, 0.25) is 11.8 Å². The molecular formula is C17H22ClN3O2. The quantitative estimate of drug-likeness (QED) is 0.887. The van der Waals surface area contributed by atoms with Crippen LogP contribution in [0.2, 0.25) is 5.02 Å². The Hall–Kier alpha value is -1.59. The summed E-state index contributed by atoms with van der Waals surface area (Å²) in [6.07, 6.45) is 2.29. The normalized spacial score (nSPS) is 28.0. The first-order chi connectivity index (χ1) is 11.0. The molecule has 0 saturated carbocycles. The van der Waals surface area contributed by atoms with Crippen LogP contribution in [0.15, 0.2) is 24.3 Å². The van der Waals surface area contributed by atoms with E-state index in [1.165, 1.54) is 0 Å². The smallest absolute Gasteiger partial charge is 0.249 e. The molecule has 0 radical (unpaired) electrons. The van der Waals surface area contributed by atoms with Crippen molar-refractivity contribution in [3.63, 3.8) is 0 Å². The number of anilines is 1. The molecule has 0 bridgehead atoms. The van der Waals surface area contributed by atoms with E-state index in [1.54, 1.807) is 17.0 Å². The Morgan fingerprint density at radius 1 is 1.39 bits per heavy atom. The van der Waals surface area contributed by atoms with Crippen LogP contribution in [0.25, 0.3) is 0 Å². The van der Waals surface area contributed by atoms with Crippen molar-refractivity contribution < 1.29 is 9.59 Å². The van der Waals surface area contributed by atoms with Crippen LogP contribution in [0.5, 0.6) is 0 Å². The molecule has 0 aromatic heterocycles. The number of nitrogens with one attached hydrogen (secondary N) is 2. The third-order valence-corrected chi connectivity index (χ3v) is 4.87. The van der Waals surface area contributed by atoms with Gasteiger partial charge in [-0.15, -0.1) is 0 Å². The molecule has 1 unspecified atom stereocenters. The number of amides is 2. The Morgan fingerprint density at radius 2 is 2.22 bits per heavy atom. The molecule has 6 heteroatoms. The minimum Gasteiger partial charge on any atom is -0.344 e. The van der Waals surface area contributed by atoms with Crippen molar-refractivity contribution in [1.82, 2.24) is 10.6 Å². The van der Waals surface area contributed by atoms with Crippen LogP contribution in [0.4, 0.5) is 5.69 Å². The molecule has 2 fully saturated rings. The fraction of sp³-hybridized carbons (Fsp3) is 0.529. The summed E-state index contributed by atoms with van der Waals surface area (Å²) in [5.74, 6) is -0.0495. The van der Waals surface area contributed by atoms with Gasteiger partial charge in [0, 0.05) is 29.2 Å². The van der Waals surface area contributed by atoms with Crippen molar-refractivity contribution >= 4 is 29.1 Å². The number of carbonyl (C=O) groups is 2. The van der Waals surface area contributed by atoms with Gasteiger partial charge in [0.25, 0.3) is 0 Å². The van der Waals surface area contributed by atoms with E-state index in [0.29, 0.717) is 24.0 Å². The van der Waals surface area contributed by atoms with E-state index < -0.39 is 6.04 Å². The van der Waals surface area contributed by atoms with E-state index in [-0.39, 0.29) is 17.7 Å². The summed E-state index contributed by atoms with van der Waals surface area (Å²) in [5, 5.41) is 6.88. The molecule has 2 saturated heterocycles. The monoisotopic (exact) mass is 335 g/mol. The first-order valence-corrected chi connectivity index (χ1v) is 8.53. The first kappa shape index (κ1) is 16.3. The van der Waals surface area contributed by atoms with Gasteiger partial charge in [-0.05, 0) is 50.9 Å². The molecule has 1 aromatic carbocycles. The molecule has 2 heterocycles. The molecule has 1 aromatic rings. The van der Waals surface area contributed by atoms with Crippen LogP contribution >= 0.6 is 11.6 Å². The summed E-state index contributed by atoms with van der Waals surface area (Å²) in [4.78, 5) is 26.7. The molecule has 3 rings (SSSR count). The Balaban J connectivity index is 1.62. The second-order valence-electron chi connectivity index (χ2n) is 6.40. The SMILES string of the molecule is C[C@H]1C[C@@H](C(=O)NC2CCN(c3cccc(Cl)c3)C2=O)CCN1. The lowest BCUT2D eigenvalue weighted by Gasteiger charge is -2.28. The Morgan fingerprint density at radius 3 is 2.96 bits per heavy atom. The second kappa shape index (κ2) is 6.89. The van der Waals surface area contributed by atoms with Crippen molar-refractivity contribution in [3.8, 4) is 0 Å². The summed E-state index contributed by atoms with van der Waals surface area (Å²) in [5.41, 5.74) is 0.787. The number of hydrogen-bond acceptors (Lipinski definition) is 3. The molecule has 23 heavy (non-hydrogen) atoms. The summed E-state index contributed by atoms with van der Waals surface area (Å²) < 4.78 is 0. The van der Waals surface area contributed by atoms with Crippen LogP contribution in [0.1, 0.15) is 26.2 Å². The van der Waals surface area contributed by atoms with Gasteiger partial charge in [0.1, 0.15) is 6.04 Å². The van der Waals surface area contributed by atoms with E-state index in [2.05, 4.69) is 17.6 Å². The summed E-state index contributed by atoms with van der Waals surface area (Å²) >= 11 is 5.99. The van der Waals surface area contributed by atoms with Crippen LogP contribution in [-0.2, 0) is 9.59 Å². The maximum Gasteiger partial charge on any atom is 0.249 e. The maximum atomic E-state index is 12.6. The number of nitrogens with zero attached hydrogens (tertiary/aromatic N) is 1. The third kappa shape index (κ3) is 3.67. The molecule has 2 N–H and O–H groups in total. The molecular weight excluding hydrogens is 314 g/mol. The maximum absolute atomic E-state index is 12.6. The van der Waals surface area contributed by atoms with Gasteiger partial charge >= 0.3 is 0 Å². The van der Waals surface area contributed by atoms with Crippen LogP contribution in [-0.4, -0.2) is 37.0 Å². The Bertz CT molecular complexity index is 607. The standard InChI is InChI=1S/C17H22ClN3O2/c1-11-9-12(5-7-19-11)16(22)20-15-6-8-21(17(15)23)14-4-2-3-13(18)10-14/h2-4,10-12,15,19H,5-9H2,1H3,(H,20,22)/t11-,12-,15?/m0/s1. The van der Waals surface area contributed by atoms with E-state index >= 15 is 0 Å². The lowest BCUT2D eigenvalue weighted by atomic mass is 9.92. The average Bonchev–Trinajstić information content (AvgIpc) is 2.88. The number of halogens is 1. The molecule has 3 atom stereocenters. The highest BCUT2D eigenvalue weighted by molar-refractivity contribution is 6.31. The zero-order valence-corrected chi connectivity index (χ0v) is 14.0. The van der Waals surface area contributed by atoms with E-state index in [4.69, 9.17) is 11.6 Å². The van der Waals surface area contributed by atoms with Crippen molar-refractivity contribution in [2.24, 2.45) is 5.92 Å². The molecule has 5 nitrogen and oxygen atoms in total. The van der Waals surface area contributed by atoms with Crippen LogP contribution in [0.3, 0.4) is 0 Å². The number of rotatable bonds is 3. The Labute approximate surface area is 141 Å². The highest BCUT2D eigenvalue weighted by Gasteiger charge is 2.35. The van der Waals surface area contributed by atoms with Crippen molar-refractivity contribution in [2.45, 2.75) is 38.3 Å². The summed E-state index contributed by atoms with van der Waals surface area (Å²) in [6.45, 7) is 3.54. The number of piperidine rings is 1. The Kier molecular flexibility index (Phi) is 4.87. The fourth-order valence-corrected chi connectivity index (χ4v) is 3.56. The molecule has 2 aliphatic rings. The van der Waals surface area contributed by atoms with Gasteiger partial charge < -0.3 is 15.5 Å². The minimum absolute atomic E-state index is 0.000676. The molecule has 0 spiro atoms. The highest BCUT2D eigenvalue weighted by Crippen LogP contribution is 2.25. The number of hydrogen-bond donors (Lipinski definition) is 2. The molecule has 2 amide bonds. The topological polar surface area (TPSA) is 61.4 Å². The first-order valence-electron chi connectivity index (χ1n) is 8.15. The zero-order chi connectivity index (χ0) is 16.4. The average molecular weight is 336 g/mol. The molecule has 124 valence electrons. The predicted octanol–water partition coefficient (Wildman–Crippen LogP) is 1.95. The van der Waals surface area contributed by atoms with Gasteiger partial charge in [0.15, 0.2) is 0 Å². The van der Waals surface area contributed by atoms with E-state index in [0.717, 1.165) is 25.1 Å². The van der Waals surface area contributed by atoms with Crippen molar-refractivity contribution in [2.75, 3.05) is 18.0 Å². The highest BCUT2D eigenvalue weighted by atomic mass is 35.5. The summed E-state index contributed by atoms with van der Waals surface area (Å²) in [6, 6.07) is 7.17. The van der Waals surface area contributed by atoms with Gasteiger partial charge in [-0.1, -0.05) is 17.7 Å². The van der Waals surface area contributed by atoms with Gasteiger partial charge in [-0.25, -0.2) is 0 Å². The van der Waals surface area contributed by atoms with Gasteiger partial charge in [-0.3, -0.25) is 9.59 Å². The van der Waals surface area contributed by atoms with E-state index in [1.807, 2.05) is 12.1 Å². The lowest BCUT2D eigenvalue weighted by molar-refractivity contribution is -0.130. The second-order valence-corrected chi connectivity index (χ2v) is 6.83. The minimum atomic E-state index is -0.424. The lowest BCUT2D eigenvalue weighted by Crippen LogP contribution is -2.47. The number of carbonyl (C=O) groups excluding carboxylic acids is 2. The van der Waals surface area contributed by atoms with Crippen LogP contribution in [0, 0.1) is 5.92 Å². The van der Waals surface area contributed by atoms with Crippen molar-refractivity contribution in [3.05, 3.63) is 29.3 Å². The predicted molar refractivity (Wildman–Crippen MR) is 90.5 cm³/mol. The van der Waals surface area contributed by atoms with E-state index in [9.17, 15) is 9.59 Å². The fourth-order valence-electron chi connectivity index (χ4n) is 3.37. The van der Waals surface area contributed by atoms with Crippen LogP contribution < -0.4 is 15.5 Å². The molecule has 0 aliphatic carbocycles. The number of benzene rings is 1. The third-order valence-electron chi connectivity index (χ3n) is 4.64. The largest absolute Gasteiger partial charge is 0.344 e. The zero-order valence-electron chi connectivity index (χ0n) is 13.2. The summed E-state index contributed by atoms with van der Waals surface area (Å²) in [7, 11) is 0. The van der Waals surface area contributed by atoms with Crippen molar-refractivity contribution in [1.29, 1.82) is 0 Å². The van der Waals surface area contributed by atoms with Gasteiger partial charge in [0.05, 0.1) is 0 Å². The van der Waals surface area contributed by atoms with Gasteiger partial charge in [-0.2, -0.15) is 0 Å².